The highest BCUT2D eigenvalue weighted by Gasteiger charge is 2.36. The Kier molecular flexibility index (Phi) is 2.77. The Hall–Kier alpha value is -1.86. The number of morpholine rings is 1. The molecule has 7 heteroatoms. The van der Waals surface area contributed by atoms with Crippen molar-refractivity contribution < 1.29 is 9.53 Å². The van der Waals surface area contributed by atoms with Crippen molar-refractivity contribution in [3.05, 3.63) is 24.2 Å². The van der Waals surface area contributed by atoms with E-state index in [4.69, 9.17) is 10.5 Å². The van der Waals surface area contributed by atoms with Crippen molar-refractivity contribution in [1.82, 2.24) is 15.1 Å². The number of fused-ring (bicyclic) bond motifs is 1. The largest absolute Gasteiger partial charge is 0.379 e. The maximum atomic E-state index is 11.5. The summed E-state index contributed by atoms with van der Waals surface area (Å²) in [5.41, 5.74) is 5.40. The SMILES string of the molecule is NC(=O)C1C=NC2=CC=CN(N3CCOCC3)N21. The number of hydrazine groups is 2. The quantitative estimate of drug-likeness (QED) is 0.683. The predicted octanol–water partition coefficient (Wildman–Crippen LogP) is -0.940. The summed E-state index contributed by atoms with van der Waals surface area (Å²) in [5, 5.41) is 5.81. The van der Waals surface area contributed by atoms with E-state index >= 15 is 0 Å². The minimum atomic E-state index is -0.524. The van der Waals surface area contributed by atoms with Gasteiger partial charge in [-0.3, -0.25) is 4.79 Å². The molecule has 0 aromatic rings. The van der Waals surface area contributed by atoms with Crippen LogP contribution in [0.2, 0.25) is 0 Å². The van der Waals surface area contributed by atoms with Crippen molar-refractivity contribution in [2.45, 2.75) is 6.04 Å². The van der Waals surface area contributed by atoms with E-state index in [1.54, 1.807) is 11.2 Å². The number of nitrogens with two attached hydrogens (primary N) is 1. The van der Waals surface area contributed by atoms with Crippen LogP contribution in [-0.2, 0) is 9.53 Å². The molecule has 1 unspecified atom stereocenters. The summed E-state index contributed by atoms with van der Waals surface area (Å²) in [5.74, 6) is 0.323. The van der Waals surface area contributed by atoms with Crippen LogP contribution in [0.15, 0.2) is 29.2 Å². The summed E-state index contributed by atoms with van der Waals surface area (Å²) in [4.78, 5) is 15.7. The number of aliphatic imine (C=N–C) groups is 1. The van der Waals surface area contributed by atoms with E-state index in [0.717, 1.165) is 18.9 Å². The molecule has 96 valence electrons. The molecule has 0 saturated carbocycles. The molecule has 0 spiro atoms. The molecule has 7 nitrogen and oxygen atoms in total. The molecule has 3 aliphatic rings. The van der Waals surface area contributed by atoms with Gasteiger partial charge in [0.1, 0.15) is 5.82 Å². The van der Waals surface area contributed by atoms with Gasteiger partial charge in [-0.25, -0.2) is 15.1 Å². The highest BCUT2D eigenvalue weighted by Crippen LogP contribution is 2.25. The van der Waals surface area contributed by atoms with Crippen LogP contribution in [0.1, 0.15) is 0 Å². The van der Waals surface area contributed by atoms with Crippen LogP contribution in [0.3, 0.4) is 0 Å². The lowest BCUT2D eigenvalue weighted by atomic mass is 10.3. The number of carbonyl (C=O) groups is 1. The molecule has 0 aromatic carbocycles. The fourth-order valence-electron chi connectivity index (χ4n) is 2.22. The molecule has 1 fully saturated rings. The van der Waals surface area contributed by atoms with Crippen molar-refractivity contribution in [2.75, 3.05) is 26.3 Å². The average molecular weight is 249 g/mol. The van der Waals surface area contributed by atoms with Gasteiger partial charge in [0.05, 0.1) is 13.2 Å². The number of ether oxygens (including phenoxy) is 1. The fraction of sp³-hybridized carbons (Fsp3) is 0.455. The molecule has 3 aliphatic heterocycles. The molecule has 1 saturated heterocycles. The van der Waals surface area contributed by atoms with E-state index < -0.39 is 11.9 Å². The van der Waals surface area contributed by atoms with Crippen LogP contribution in [0.5, 0.6) is 0 Å². The fourth-order valence-corrected chi connectivity index (χ4v) is 2.22. The average Bonchev–Trinajstić information content (AvgIpc) is 2.83. The molecule has 1 amide bonds. The number of primary amides is 1. The third-order valence-corrected chi connectivity index (χ3v) is 3.10. The summed E-state index contributed by atoms with van der Waals surface area (Å²) < 4.78 is 5.33. The number of carbonyl (C=O) groups excluding carboxylic acids is 1. The third kappa shape index (κ3) is 1.77. The Balaban J connectivity index is 1.84. The first-order valence-corrected chi connectivity index (χ1v) is 5.90. The van der Waals surface area contributed by atoms with Gasteiger partial charge in [-0.2, -0.15) is 5.01 Å². The lowest BCUT2D eigenvalue weighted by molar-refractivity contribution is -0.170. The van der Waals surface area contributed by atoms with Gasteiger partial charge in [-0.15, -0.1) is 0 Å². The van der Waals surface area contributed by atoms with Crippen molar-refractivity contribution in [3.63, 3.8) is 0 Å². The van der Waals surface area contributed by atoms with Crippen LogP contribution < -0.4 is 5.73 Å². The van der Waals surface area contributed by atoms with Crippen molar-refractivity contribution in [3.8, 4) is 0 Å². The number of hydrogen-bond donors (Lipinski definition) is 1. The normalized spacial score (nSPS) is 27.3. The highest BCUT2D eigenvalue weighted by molar-refractivity contribution is 5.98. The Labute approximate surface area is 105 Å². The first-order chi connectivity index (χ1) is 8.77. The van der Waals surface area contributed by atoms with Crippen molar-refractivity contribution in [1.29, 1.82) is 0 Å². The van der Waals surface area contributed by atoms with Crippen LogP contribution >= 0.6 is 0 Å². The maximum Gasteiger partial charge on any atom is 0.247 e. The minimum Gasteiger partial charge on any atom is -0.379 e. The smallest absolute Gasteiger partial charge is 0.247 e. The van der Waals surface area contributed by atoms with Crippen LogP contribution in [0.25, 0.3) is 0 Å². The zero-order valence-corrected chi connectivity index (χ0v) is 9.90. The van der Waals surface area contributed by atoms with E-state index in [2.05, 4.69) is 10.0 Å². The van der Waals surface area contributed by atoms with Gasteiger partial charge >= 0.3 is 0 Å². The Morgan fingerprint density at radius 2 is 2.22 bits per heavy atom. The molecular weight excluding hydrogens is 234 g/mol. The molecular formula is C11H15N5O2. The van der Waals surface area contributed by atoms with E-state index in [-0.39, 0.29) is 0 Å². The maximum absolute atomic E-state index is 11.5. The van der Waals surface area contributed by atoms with E-state index in [1.165, 1.54) is 0 Å². The van der Waals surface area contributed by atoms with Gasteiger partial charge in [0, 0.05) is 25.5 Å². The first kappa shape index (κ1) is 11.2. The first-order valence-electron chi connectivity index (χ1n) is 5.90. The van der Waals surface area contributed by atoms with Crippen LogP contribution in [0, 0.1) is 0 Å². The van der Waals surface area contributed by atoms with Gasteiger partial charge in [0.25, 0.3) is 0 Å². The van der Waals surface area contributed by atoms with Gasteiger partial charge in [-0.05, 0) is 12.2 Å². The zero-order chi connectivity index (χ0) is 12.5. The number of nitrogens with zero attached hydrogens (tertiary/aromatic N) is 4. The summed E-state index contributed by atoms with van der Waals surface area (Å²) in [6, 6.07) is -0.524. The Morgan fingerprint density at radius 1 is 1.44 bits per heavy atom. The van der Waals surface area contributed by atoms with Crippen molar-refractivity contribution >= 4 is 12.1 Å². The standard InChI is InChI=1S/C11H15N5O2/c12-11(17)9-8-13-10-2-1-3-15(16(9)10)14-4-6-18-7-5-14/h1-3,8-9H,4-7H2,(H2,12,17). The monoisotopic (exact) mass is 249 g/mol. The van der Waals surface area contributed by atoms with Gasteiger partial charge < -0.3 is 10.5 Å². The molecule has 18 heavy (non-hydrogen) atoms. The summed E-state index contributed by atoms with van der Waals surface area (Å²) in [7, 11) is 0. The van der Waals surface area contributed by atoms with E-state index in [9.17, 15) is 4.79 Å². The van der Waals surface area contributed by atoms with Gasteiger partial charge in [0.15, 0.2) is 6.04 Å². The molecule has 0 radical (unpaired) electrons. The number of allylic oxidation sites excluding steroid dienone is 2. The minimum absolute atomic E-state index is 0.407. The van der Waals surface area contributed by atoms with E-state index in [0.29, 0.717) is 13.2 Å². The summed E-state index contributed by atoms with van der Waals surface area (Å²) >= 11 is 0. The van der Waals surface area contributed by atoms with Crippen LogP contribution in [-0.4, -0.2) is 59.6 Å². The number of amides is 1. The second-order valence-electron chi connectivity index (χ2n) is 4.22. The second-order valence-corrected chi connectivity index (χ2v) is 4.22. The lowest BCUT2D eigenvalue weighted by Gasteiger charge is -2.44. The highest BCUT2D eigenvalue weighted by atomic mass is 16.5. The Morgan fingerprint density at radius 3 is 2.94 bits per heavy atom. The molecule has 2 N–H and O–H groups in total. The number of rotatable bonds is 2. The number of hydrogen-bond acceptors (Lipinski definition) is 6. The third-order valence-electron chi connectivity index (χ3n) is 3.10. The molecule has 0 aromatic heterocycles. The van der Waals surface area contributed by atoms with Crippen LogP contribution in [0.4, 0.5) is 0 Å². The predicted molar refractivity (Wildman–Crippen MR) is 64.8 cm³/mol. The van der Waals surface area contributed by atoms with E-state index in [1.807, 2.05) is 23.5 Å². The Bertz CT molecular complexity index is 439. The summed E-state index contributed by atoms with van der Waals surface area (Å²) in [6.07, 6.45) is 7.24. The molecule has 3 rings (SSSR count). The second kappa shape index (κ2) is 4.43. The molecule has 0 bridgehead atoms. The molecule has 1 atom stereocenters. The topological polar surface area (TPSA) is 74.4 Å². The van der Waals surface area contributed by atoms with Crippen molar-refractivity contribution in [2.24, 2.45) is 10.7 Å². The van der Waals surface area contributed by atoms with Gasteiger partial charge in [-0.1, -0.05) is 0 Å². The van der Waals surface area contributed by atoms with Gasteiger partial charge in [0.2, 0.25) is 5.91 Å². The zero-order valence-electron chi connectivity index (χ0n) is 9.90. The summed E-state index contributed by atoms with van der Waals surface area (Å²) in [6.45, 7) is 2.91. The molecule has 3 heterocycles. The lowest BCUT2D eigenvalue weighted by Crippen LogP contribution is -2.58. The molecule has 0 aliphatic carbocycles.